The van der Waals surface area contributed by atoms with Crippen LogP contribution in [-0.2, 0) is 33.4 Å². The number of amides is 1. The van der Waals surface area contributed by atoms with Crippen molar-refractivity contribution < 1.29 is 39.6 Å². The van der Waals surface area contributed by atoms with Gasteiger partial charge in [0.2, 0.25) is 0 Å². The maximum atomic E-state index is 13.4. The number of hydrogen-bond donors (Lipinski definition) is 0. The molecule has 0 bridgehead atoms. The third kappa shape index (κ3) is 5.24. The molecule has 0 aromatic heterocycles. The summed E-state index contributed by atoms with van der Waals surface area (Å²) in [4.78, 5) is 17.5. The van der Waals surface area contributed by atoms with Crippen LogP contribution in [0.2, 0.25) is 0 Å². The number of rotatable bonds is 3. The molecule has 34 heavy (non-hydrogen) atoms. The summed E-state index contributed by atoms with van der Waals surface area (Å²) in [5.74, 6) is -1.46. The number of halogens is 6. The van der Waals surface area contributed by atoms with E-state index < -0.39 is 62.0 Å². The number of benzene rings is 2. The highest BCUT2D eigenvalue weighted by Crippen LogP contribution is 2.44. The van der Waals surface area contributed by atoms with Gasteiger partial charge in [-0.1, -0.05) is 42.1 Å². The van der Waals surface area contributed by atoms with Crippen LogP contribution < -0.4 is 4.90 Å². The van der Waals surface area contributed by atoms with Gasteiger partial charge in [0.05, 0.1) is 35.1 Å². The van der Waals surface area contributed by atoms with E-state index in [0.29, 0.717) is 17.7 Å². The van der Waals surface area contributed by atoms with Crippen molar-refractivity contribution in [1.29, 1.82) is 0 Å². The standard InChI is InChI=1S/C21H16F6N2O3S2/c22-20(23,24)13-7-14(21(25,26)27)9-15(8-13)29-16-10-34(31,32)11-17(16)33-19(29)28-18(30)6-12-4-2-1-3-5-12/h1-5,7-9,16-17H,6,10-11H2/t16-,17+/m0/s1. The number of sulfone groups is 1. The van der Waals surface area contributed by atoms with E-state index in [1.54, 1.807) is 30.3 Å². The van der Waals surface area contributed by atoms with Gasteiger partial charge in [-0.05, 0) is 23.8 Å². The van der Waals surface area contributed by atoms with E-state index in [2.05, 4.69) is 4.99 Å². The van der Waals surface area contributed by atoms with Gasteiger partial charge in [-0.3, -0.25) is 4.79 Å². The molecule has 1 amide bonds. The Bertz CT molecular complexity index is 1210. The van der Waals surface area contributed by atoms with Crippen LogP contribution in [0.15, 0.2) is 53.5 Å². The molecule has 182 valence electrons. The molecule has 0 saturated carbocycles. The smallest absolute Gasteiger partial charge is 0.316 e. The highest BCUT2D eigenvalue weighted by Gasteiger charge is 2.50. The van der Waals surface area contributed by atoms with E-state index in [1.807, 2.05) is 0 Å². The molecule has 0 spiro atoms. The lowest BCUT2D eigenvalue weighted by molar-refractivity contribution is -0.143. The first-order valence-corrected chi connectivity index (χ1v) is 12.5. The second-order valence-electron chi connectivity index (χ2n) is 7.89. The van der Waals surface area contributed by atoms with E-state index in [9.17, 15) is 39.6 Å². The van der Waals surface area contributed by atoms with Gasteiger partial charge >= 0.3 is 12.4 Å². The summed E-state index contributed by atoms with van der Waals surface area (Å²) in [6.45, 7) is 0. The van der Waals surface area contributed by atoms with Gasteiger partial charge in [0.25, 0.3) is 5.91 Å². The maximum Gasteiger partial charge on any atom is 0.416 e. The molecule has 0 unspecified atom stereocenters. The third-order valence-corrected chi connectivity index (χ3v) is 8.55. The first-order chi connectivity index (χ1) is 15.7. The van der Waals surface area contributed by atoms with Crippen LogP contribution >= 0.6 is 11.8 Å². The molecule has 0 aliphatic carbocycles. The fraction of sp³-hybridized carbons (Fsp3) is 0.333. The number of nitrogens with zero attached hydrogens (tertiary/aromatic N) is 2. The lowest BCUT2D eigenvalue weighted by Gasteiger charge is -2.26. The van der Waals surface area contributed by atoms with Crippen LogP contribution in [0, 0.1) is 0 Å². The molecule has 2 aliphatic rings. The highest BCUT2D eigenvalue weighted by atomic mass is 32.2. The predicted molar refractivity (Wildman–Crippen MR) is 115 cm³/mol. The van der Waals surface area contributed by atoms with Crippen molar-refractivity contribution in [1.82, 2.24) is 0 Å². The Morgan fingerprint density at radius 2 is 1.56 bits per heavy atom. The fourth-order valence-electron chi connectivity index (χ4n) is 3.86. The highest BCUT2D eigenvalue weighted by molar-refractivity contribution is 8.16. The monoisotopic (exact) mass is 522 g/mol. The van der Waals surface area contributed by atoms with Crippen LogP contribution in [0.5, 0.6) is 0 Å². The lowest BCUT2D eigenvalue weighted by atomic mass is 10.1. The number of thioether (sulfide) groups is 1. The molecule has 2 saturated heterocycles. The topological polar surface area (TPSA) is 66.8 Å². The SMILES string of the molecule is O=C(Cc1ccccc1)N=C1S[C@@H]2CS(=O)(=O)C[C@@H]2N1c1cc(C(F)(F)F)cc(C(F)(F)F)c1. The minimum atomic E-state index is -5.08. The van der Waals surface area contributed by atoms with E-state index >= 15 is 0 Å². The molecular formula is C21H16F6N2O3S2. The van der Waals surface area contributed by atoms with Gasteiger partial charge in [-0.2, -0.15) is 31.3 Å². The zero-order valence-corrected chi connectivity index (χ0v) is 18.7. The second kappa shape index (κ2) is 8.59. The molecule has 2 atom stereocenters. The van der Waals surface area contributed by atoms with Crippen LogP contribution in [0.1, 0.15) is 16.7 Å². The summed E-state index contributed by atoms with van der Waals surface area (Å²) in [6, 6.07) is 8.53. The van der Waals surface area contributed by atoms with Gasteiger partial charge in [-0.15, -0.1) is 0 Å². The zero-order chi connectivity index (χ0) is 24.9. The first kappa shape index (κ1) is 24.6. The molecule has 0 N–H and O–H groups in total. The van der Waals surface area contributed by atoms with Crippen molar-refractivity contribution in [3.63, 3.8) is 0 Å². The van der Waals surface area contributed by atoms with Gasteiger partial charge in [0.15, 0.2) is 15.0 Å². The van der Waals surface area contributed by atoms with Crippen LogP contribution in [-0.4, -0.2) is 42.3 Å². The Morgan fingerprint density at radius 3 is 2.12 bits per heavy atom. The van der Waals surface area contributed by atoms with Gasteiger partial charge < -0.3 is 4.90 Å². The summed E-state index contributed by atoms with van der Waals surface area (Å²) in [6.07, 6.45) is -10.3. The molecule has 2 aromatic rings. The molecule has 13 heteroatoms. The quantitative estimate of drug-likeness (QED) is 0.553. The number of carbonyl (C=O) groups is 1. The molecule has 5 nitrogen and oxygen atoms in total. The number of carbonyl (C=O) groups excluding carboxylic acids is 1. The third-order valence-electron chi connectivity index (χ3n) is 5.34. The van der Waals surface area contributed by atoms with Crippen molar-refractivity contribution >= 4 is 38.4 Å². The van der Waals surface area contributed by atoms with E-state index in [-0.39, 0.29) is 23.4 Å². The zero-order valence-electron chi connectivity index (χ0n) is 17.1. The maximum absolute atomic E-state index is 13.4. The average Bonchev–Trinajstić information content (AvgIpc) is 3.17. The molecular weight excluding hydrogens is 506 g/mol. The Morgan fingerprint density at radius 1 is 0.971 bits per heavy atom. The van der Waals surface area contributed by atoms with Gasteiger partial charge in [-0.25, -0.2) is 8.42 Å². The minimum Gasteiger partial charge on any atom is -0.316 e. The number of anilines is 1. The number of amidine groups is 1. The number of aliphatic imine (C=N–C) groups is 1. The Labute approximate surface area is 194 Å². The molecule has 2 aliphatic heterocycles. The Balaban J connectivity index is 1.79. The van der Waals surface area contributed by atoms with E-state index in [4.69, 9.17) is 0 Å². The van der Waals surface area contributed by atoms with Gasteiger partial charge in [0.1, 0.15) is 0 Å². The van der Waals surface area contributed by atoms with Crippen molar-refractivity contribution in [2.75, 3.05) is 16.4 Å². The average molecular weight is 522 g/mol. The van der Waals surface area contributed by atoms with Crippen molar-refractivity contribution in [3.05, 3.63) is 65.2 Å². The number of hydrogen-bond acceptors (Lipinski definition) is 4. The molecule has 2 fully saturated rings. The van der Waals surface area contributed by atoms with E-state index in [0.717, 1.165) is 16.7 Å². The van der Waals surface area contributed by atoms with Crippen molar-refractivity contribution in [2.24, 2.45) is 4.99 Å². The number of alkyl halides is 6. The minimum absolute atomic E-state index is 0.00698. The summed E-state index contributed by atoms with van der Waals surface area (Å²) in [7, 11) is -3.57. The van der Waals surface area contributed by atoms with Crippen molar-refractivity contribution in [2.45, 2.75) is 30.1 Å². The summed E-state index contributed by atoms with van der Waals surface area (Å²) in [5.41, 5.74) is -2.98. The molecule has 0 radical (unpaired) electrons. The molecule has 2 aromatic carbocycles. The summed E-state index contributed by atoms with van der Waals surface area (Å²) in [5, 5.41) is -0.810. The normalized spacial score (nSPS) is 23.4. The Hall–Kier alpha value is -2.54. The largest absolute Gasteiger partial charge is 0.416 e. The van der Waals surface area contributed by atoms with Crippen LogP contribution in [0.3, 0.4) is 0 Å². The summed E-state index contributed by atoms with van der Waals surface area (Å²) >= 11 is 0.866. The van der Waals surface area contributed by atoms with Crippen LogP contribution in [0.4, 0.5) is 32.0 Å². The second-order valence-corrected chi connectivity index (χ2v) is 11.2. The number of fused-ring (bicyclic) bond motifs is 1. The summed E-state index contributed by atoms with van der Waals surface area (Å²) < 4.78 is 105. The predicted octanol–water partition coefficient (Wildman–Crippen LogP) is 4.57. The van der Waals surface area contributed by atoms with Crippen molar-refractivity contribution in [3.8, 4) is 0 Å². The lowest BCUT2D eigenvalue weighted by Crippen LogP contribution is -2.38. The van der Waals surface area contributed by atoms with Gasteiger partial charge in [0, 0.05) is 10.9 Å². The molecule has 4 rings (SSSR count). The fourth-order valence-corrected chi connectivity index (χ4v) is 7.79. The van der Waals surface area contributed by atoms with E-state index in [1.165, 1.54) is 0 Å². The Kier molecular flexibility index (Phi) is 6.21. The first-order valence-electron chi connectivity index (χ1n) is 9.84. The van der Waals surface area contributed by atoms with Crippen LogP contribution in [0.25, 0.3) is 0 Å². The molecule has 2 heterocycles.